The van der Waals surface area contributed by atoms with Gasteiger partial charge < -0.3 is 15.2 Å². The summed E-state index contributed by atoms with van der Waals surface area (Å²) in [5, 5.41) is 12.4. The van der Waals surface area contributed by atoms with E-state index in [1.165, 1.54) is 25.7 Å². The van der Waals surface area contributed by atoms with E-state index >= 15 is 0 Å². The molecule has 4 fully saturated rings. The van der Waals surface area contributed by atoms with Crippen molar-refractivity contribution in [3.8, 4) is 0 Å². The maximum absolute atomic E-state index is 13.6. The zero-order valence-corrected chi connectivity index (χ0v) is 22.1. The monoisotopic (exact) mass is 473 g/mol. The van der Waals surface area contributed by atoms with E-state index in [1.54, 1.807) is 0 Å². The number of aliphatic hydroxyl groups excluding tert-OH is 1. The number of nitrogens with one attached hydrogen (secondary N) is 1. The molecule has 0 aromatic carbocycles. The van der Waals surface area contributed by atoms with Crippen LogP contribution in [0.2, 0.25) is 0 Å². The number of Topliss-reactive ketones (excluding diaryl/α,β-unsaturated/α-hetero) is 1. The maximum atomic E-state index is 13.6. The fraction of sp³-hybridized carbons (Fsp3) is 0.862. The molecule has 0 unspecified atom stereocenters. The lowest BCUT2D eigenvalue weighted by Gasteiger charge is -2.60. The SMILES string of the molecule is C=C(O)CC[C@@H](C)[C@H]1CC[C@H]2[C@@H]3CC(=O)[C@@H]4C[C@H](OC(=O)NC(C)C)CC[C@]4(C)[C@H]3CC[C@]12C. The molecule has 34 heavy (non-hydrogen) atoms. The second-order valence-electron chi connectivity index (χ2n) is 13.0. The zero-order valence-electron chi connectivity index (χ0n) is 22.1. The van der Waals surface area contributed by atoms with E-state index in [1.807, 2.05) is 13.8 Å². The summed E-state index contributed by atoms with van der Waals surface area (Å²) in [7, 11) is 0. The Morgan fingerprint density at radius 2 is 1.79 bits per heavy atom. The third kappa shape index (κ3) is 4.53. The van der Waals surface area contributed by atoms with Crippen LogP contribution < -0.4 is 5.32 Å². The van der Waals surface area contributed by atoms with Crippen LogP contribution in [-0.2, 0) is 9.53 Å². The molecule has 4 saturated carbocycles. The molecule has 5 nitrogen and oxygen atoms in total. The fourth-order valence-electron chi connectivity index (χ4n) is 9.10. The molecule has 1 amide bonds. The molecule has 0 saturated heterocycles. The summed E-state index contributed by atoms with van der Waals surface area (Å²) in [5.41, 5.74) is 0.337. The van der Waals surface area contributed by atoms with Crippen LogP contribution in [0.1, 0.15) is 98.8 Å². The molecule has 0 aromatic heterocycles. The number of aliphatic hydroxyl groups is 1. The minimum absolute atomic E-state index is 0.0235. The van der Waals surface area contributed by atoms with Crippen LogP contribution in [0, 0.1) is 46.3 Å². The van der Waals surface area contributed by atoms with E-state index in [4.69, 9.17) is 4.74 Å². The first-order chi connectivity index (χ1) is 16.0. The van der Waals surface area contributed by atoms with Gasteiger partial charge in [-0.15, -0.1) is 0 Å². The Morgan fingerprint density at radius 3 is 2.47 bits per heavy atom. The number of allylic oxidation sites excluding steroid dienone is 1. The summed E-state index contributed by atoms with van der Waals surface area (Å²) in [6.45, 7) is 14.8. The lowest BCUT2D eigenvalue weighted by Crippen LogP contribution is -2.57. The van der Waals surface area contributed by atoms with Crippen molar-refractivity contribution >= 4 is 11.9 Å². The third-order valence-electron chi connectivity index (χ3n) is 10.7. The number of alkyl carbamates (subject to hydrolysis) is 1. The van der Waals surface area contributed by atoms with Gasteiger partial charge in [0.15, 0.2) is 0 Å². The standard InChI is InChI=1S/C29H47NO4/c1-17(2)30-27(33)34-20-11-13-29(6)24-12-14-28(5)22(18(3)7-8-19(4)31)9-10-23(28)21(24)16-26(32)25(29)15-20/h17-18,20-25,31H,4,7-16H2,1-3,5-6H3,(H,30,33)/t18-,20-,21+,22-,23+,24+,25+,28-,29-/m1/s1. The van der Waals surface area contributed by atoms with Crippen LogP contribution in [0.15, 0.2) is 12.3 Å². The summed E-state index contributed by atoms with van der Waals surface area (Å²) in [5.74, 6) is 3.71. The van der Waals surface area contributed by atoms with Crippen LogP contribution in [0.3, 0.4) is 0 Å². The first-order valence-corrected chi connectivity index (χ1v) is 13.8. The van der Waals surface area contributed by atoms with Crippen molar-refractivity contribution < 1.29 is 19.4 Å². The average Bonchev–Trinajstić information content (AvgIpc) is 3.10. The quantitative estimate of drug-likeness (QED) is 0.415. The predicted octanol–water partition coefficient (Wildman–Crippen LogP) is 6.82. The van der Waals surface area contributed by atoms with Gasteiger partial charge in [-0.3, -0.25) is 4.79 Å². The highest BCUT2D eigenvalue weighted by molar-refractivity contribution is 5.83. The predicted molar refractivity (Wildman–Crippen MR) is 134 cm³/mol. The summed E-state index contributed by atoms with van der Waals surface area (Å²) >= 11 is 0. The van der Waals surface area contributed by atoms with Crippen molar-refractivity contribution in [2.24, 2.45) is 46.3 Å². The number of fused-ring (bicyclic) bond motifs is 5. The summed E-state index contributed by atoms with van der Waals surface area (Å²) in [4.78, 5) is 25.8. The Hall–Kier alpha value is -1.52. The minimum Gasteiger partial charge on any atom is -0.513 e. The van der Waals surface area contributed by atoms with E-state index in [2.05, 4.69) is 32.7 Å². The van der Waals surface area contributed by atoms with Crippen LogP contribution in [0.4, 0.5) is 4.79 Å². The van der Waals surface area contributed by atoms with Crippen molar-refractivity contribution in [2.75, 3.05) is 0 Å². The first kappa shape index (κ1) is 25.6. The normalized spacial score (nSPS) is 42.4. The van der Waals surface area contributed by atoms with Crippen molar-refractivity contribution in [1.82, 2.24) is 5.32 Å². The molecule has 192 valence electrons. The highest BCUT2D eigenvalue weighted by atomic mass is 16.6. The van der Waals surface area contributed by atoms with Gasteiger partial charge in [0.25, 0.3) is 0 Å². The second kappa shape index (κ2) is 9.50. The Labute approximate surface area is 206 Å². The summed E-state index contributed by atoms with van der Waals surface area (Å²) in [6, 6.07) is 0.0513. The molecule has 5 heteroatoms. The lowest BCUT2D eigenvalue weighted by molar-refractivity contribution is -0.160. The molecular weight excluding hydrogens is 426 g/mol. The van der Waals surface area contributed by atoms with Crippen LogP contribution in [0.25, 0.3) is 0 Å². The van der Waals surface area contributed by atoms with Gasteiger partial charge in [0, 0.05) is 24.8 Å². The molecule has 4 aliphatic carbocycles. The average molecular weight is 474 g/mol. The van der Waals surface area contributed by atoms with Gasteiger partial charge in [-0.05, 0) is 106 Å². The van der Waals surface area contributed by atoms with E-state index < -0.39 is 0 Å². The van der Waals surface area contributed by atoms with Gasteiger partial charge in [0.05, 0.1) is 5.76 Å². The van der Waals surface area contributed by atoms with Gasteiger partial charge in [-0.25, -0.2) is 4.79 Å². The smallest absolute Gasteiger partial charge is 0.407 e. The first-order valence-electron chi connectivity index (χ1n) is 13.8. The Kier molecular flexibility index (Phi) is 7.15. The fourth-order valence-corrected chi connectivity index (χ4v) is 9.10. The Bertz CT molecular complexity index is 808. The highest BCUT2D eigenvalue weighted by Gasteiger charge is 2.62. The van der Waals surface area contributed by atoms with Gasteiger partial charge >= 0.3 is 6.09 Å². The number of rotatable bonds is 6. The molecule has 0 radical (unpaired) electrons. The van der Waals surface area contributed by atoms with Gasteiger partial charge in [-0.1, -0.05) is 27.4 Å². The van der Waals surface area contributed by atoms with Crippen LogP contribution >= 0.6 is 0 Å². The Morgan fingerprint density at radius 1 is 1.12 bits per heavy atom. The molecule has 9 atom stereocenters. The molecule has 0 aliphatic heterocycles. The third-order valence-corrected chi connectivity index (χ3v) is 10.7. The number of hydrogen-bond donors (Lipinski definition) is 2. The number of carbonyl (C=O) groups excluding carboxylic acids is 2. The van der Waals surface area contributed by atoms with E-state index in [-0.39, 0.29) is 29.6 Å². The van der Waals surface area contributed by atoms with Crippen molar-refractivity contribution in [3.05, 3.63) is 12.3 Å². The number of ketones is 1. The number of amides is 1. The largest absolute Gasteiger partial charge is 0.513 e. The molecule has 0 aromatic rings. The van der Waals surface area contributed by atoms with Crippen molar-refractivity contribution in [3.63, 3.8) is 0 Å². The molecular formula is C29H47NO4. The molecule has 2 N–H and O–H groups in total. The van der Waals surface area contributed by atoms with Gasteiger partial charge in [0.2, 0.25) is 0 Å². The van der Waals surface area contributed by atoms with E-state index in [9.17, 15) is 14.7 Å². The highest BCUT2D eigenvalue weighted by Crippen LogP contribution is 2.68. The summed E-state index contributed by atoms with van der Waals surface area (Å²) in [6.07, 6.45) is 9.39. The second-order valence-corrected chi connectivity index (χ2v) is 13.0. The number of carbonyl (C=O) groups is 2. The van der Waals surface area contributed by atoms with Crippen molar-refractivity contribution in [2.45, 2.75) is 111 Å². The molecule has 4 aliphatic rings. The van der Waals surface area contributed by atoms with Crippen LogP contribution in [-0.4, -0.2) is 29.1 Å². The molecule has 0 bridgehead atoms. The van der Waals surface area contributed by atoms with Crippen molar-refractivity contribution in [1.29, 1.82) is 0 Å². The topological polar surface area (TPSA) is 75.6 Å². The van der Waals surface area contributed by atoms with Gasteiger partial charge in [-0.2, -0.15) is 0 Å². The summed E-state index contributed by atoms with van der Waals surface area (Å²) < 4.78 is 5.72. The number of ether oxygens (including phenoxy) is 1. The Balaban J connectivity index is 1.46. The molecule has 0 heterocycles. The molecule has 4 rings (SSSR count). The van der Waals surface area contributed by atoms with Gasteiger partial charge in [0.1, 0.15) is 11.9 Å². The molecule has 0 spiro atoms. The lowest BCUT2D eigenvalue weighted by atomic mass is 9.44. The number of hydrogen-bond acceptors (Lipinski definition) is 4. The van der Waals surface area contributed by atoms with E-state index in [0.717, 1.165) is 19.3 Å². The minimum atomic E-state index is -0.353. The van der Waals surface area contributed by atoms with Crippen LogP contribution in [0.5, 0.6) is 0 Å². The maximum Gasteiger partial charge on any atom is 0.407 e. The van der Waals surface area contributed by atoms with E-state index in [0.29, 0.717) is 65.8 Å². The zero-order chi connectivity index (χ0) is 24.8.